The average molecular weight is 254 g/mol. The Morgan fingerprint density at radius 2 is 2.47 bits per heavy atom. The monoisotopic (exact) mass is 254 g/mol. The SMILES string of the molecule is C=CCCNC(=O)CSc1nncn1C(C)C. The van der Waals surface area contributed by atoms with E-state index in [9.17, 15) is 4.79 Å². The molecule has 1 aromatic rings. The van der Waals surface area contributed by atoms with E-state index in [-0.39, 0.29) is 5.91 Å². The van der Waals surface area contributed by atoms with E-state index >= 15 is 0 Å². The van der Waals surface area contributed by atoms with E-state index in [1.807, 2.05) is 4.57 Å². The van der Waals surface area contributed by atoms with Gasteiger partial charge >= 0.3 is 0 Å². The number of carbonyl (C=O) groups is 1. The third-order valence-electron chi connectivity index (χ3n) is 2.10. The van der Waals surface area contributed by atoms with Crippen LogP contribution in [-0.2, 0) is 4.79 Å². The largest absolute Gasteiger partial charge is 0.355 e. The van der Waals surface area contributed by atoms with Crippen LogP contribution >= 0.6 is 11.8 Å². The second-order valence-electron chi connectivity index (χ2n) is 3.83. The van der Waals surface area contributed by atoms with E-state index in [0.29, 0.717) is 18.3 Å². The Balaban J connectivity index is 2.36. The lowest BCUT2D eigenvalue weighted by Gasteiger charge is -2.09. The highest BCUT2D eigenvalue weighted by Crippen LogP contribution is 2.18. The van der Waals surface area contributed by atoms with Gasteiger partial charge in [0.15, 0.2) is 5.16 Å². The number of thioether (sulfide) groups is 1. The lowest BCUT2D eigenvalue weighted by molar-refractivity contribution is -0.118. The molecule has 0 aliphatic carbocycles. The number of nitrogens with one attached hydrogen (secondary N) is 1. The molecule has 0 aromatic carbocycles. The predicted octanol–water partition coefficient (Wildman–Crippen LogP) is 1.64. The van der Waals surface area contributed by atoms with Crippen molar-refractivity contribution < 1.29 is 4.79 Å². The predicted molar refractivity (Wildman–Crippen MR) is 69.0 cm³/mol. The van der Waals surface area contributed by atoms with Gasteiger partial charge in [0.1, 0.15) is 6.33 Å². The molecule has 1 aromatic heterocycles. The Morgan fingerprint density at radius 1 is 1.71 bits per heavy atom. The van der Waals surface area contributed by atoms with Gasteiger partial charge < -0.3 is 9.88 Å². The van der Waals surface area contributed by atoms with Crippen LogP contribution in [0, 0.1) is 0 Å². The van der Waals surface area contributed by atoms with Gasteiger partial charge in [-0.3, -0.25) is 4.79 Å². The van der Waals surface area contributed by atoms with Crippen molar-refractivity contribution in [2.24, 2.45) is 0 Å². The van der Waals surface area contributed by atoms with Crippen LogP contribution in [0.5, 0.6) is 0 Å². The lowest BCUT2D eigenvalue weighted by atomic mass is 10.4. The van der Waals surface area contributed by atoms with Crippen molar-refractivity contribution in [2.45, 2.75) is 31.5 Å². The summed E-state index contributed by atoms with van der Waals surface area (Å²) in [6.07, 6.45) is 4.25. The number of aromatic nitrogens is 3. The summed E-state index contributed by atoms with van der Waals surface area (Å²) in [6.45, 7) is 8.34. The Labute approximate surface area is 106 Å². The first-order valence-electron chi connectivity index (χ1n) is 5.55. The molecule has 0 fully saturated rings. The maximum absolute atomic E-state index is 11.5. The summed E-state index contributed by atoms with van der Waals surface area (Å²) in [5.74, 6) is 0.373. The summed E-state index contributed by atoms with van der Waals surface area (Å²) in [5, 5.41) is 11.4. The molecule has 94 valence electrons. The van der Waals surface area contributed by atoms with Gasteiger partial charge in [0.25, 0.3) is 0 Å². The van der Waals surface area contributed by atoms with Crippen molar-refractivity contribution in [3.63, 3.8) is 0 Å². The van der Waals surface area contributed by atoms with Crippen LogP contribution in [0.1, 0.15) is 26.3 Å². The standard InChI is InChI=1S/C11H18N4OS/c1-4-5-6-12-10(16)7-17-11-14-13-8-15(11)9(2)3/h4,8-9H,1,5-7H2,2-3H3,(H,12,16). The Hall–Kier alpha value is -1.30. The fourth-order valence-electron chi connectivity index (χ4n) is 1.18. The molecule has 1 rings (SSSR count). The smallest absolute Gasteiger partial charge is 0.230 e. The normalized spacial score (nSPS) is 10.5. The molecule has 1 N–H and O–H groups in total. The summed E-state index contributed by atoms with van der Waals surface area (Å²) in [5.41, 5.74) is 0. The highest BCUT2D eigenvalue weighted by Gasteiger charge is 2.09. The highest BCUT2D eigenvalue weighted by atomic mass is 32.2. The van der Waals surface area contributed by atoms with Gasteiger partial charge in [0.2, 0.25) is 5.91 Å². The zero-order valence-corrected chi connectivity index (χ0v) is 11.0. The van der Waals surface area contributed by atoms with Crippen LogP contribution in [0.15, 0.2) is 24.1 Å². The quantitative estimate of drug-likeness (QED) is 0.456. The number of nitrogens with zero attached hydrogens (tertiary/aromatic N) is 3. The van der Waals surface area contributed by atoms with E-state index in [1.165, 1.54) is 11.8 Å². The third kappa shape index (κ3) is 4.60. The fraction of sp³-hybridized carbons (Fsp3) is 0.545. The maximum atomic E-state index is 11.5. The van der Waals surface area contributed by atoms with Crippen LogP contribution in [-0.4, -0.2) is 33.0 Å². The van der Waals surface area contributed by atoms with Crippen molar-refractivity contribution in [2.75, 3.05) is 12.3 Å². The van der Waals surface area contributed by atoms with Crippen LogP contribution in [0.25, 0.3) is 0 Å². The van der Waals surface area contributed by atoms with E-state index in [2.05, 4.69) is 35.9 Å². The number of hydrogen-bond donors (Lipinski definition) is 1. The number of amides is 1. The Kier molecular flexibility index (Phi) is 5.76. The summed E-state index contributed by atoms with van der Waals surface area (Å²) in [6, 6.07) is 0.302. The molecule has 0 aliphatic heterocycles. The molecule has 5 nitrogen and oxygen atoms in total. The topological polar surface area (TPSA) is 59.8 Å². The Bertz CT molecular complexity index is 375. The van der Waals surface area contributed by atoms with Crippen LogP contribution < -0.4 is 5.32 Å². The number of carbonyl (C=O) groups excluding carboxylic acids is 1. The molecule has 0 spiro atoms. The van der Waals surface area contributed by atoms with E-state index in [1.54, 1.807) is 12.4 Å². The maximum Gasteiger partial charge on any atom is 0.230 e. The summed E-state index contributed by atoms with van der Waals surface area (Å²) < 4.78 is 1.95. The first-order chi connectivity index (χ1) is 8.15. The Morgan fingerprint density at radius 3 is 3.12 bits per heavy atom. The van der Waals surface area contributed by atoms with Gasteiger partial charge in [0.05, 0.1) is 5.75 Å². The minimum atomic E-state index is 0.00940. The second-order valence-corrected chi connectivity index (χ2v) is 4.77. The average Bonchev–Trinajstić information content (AvgIpc) is 2.75. The van der Waals surface area contributed by atoms with Crippen molar-refractivity contribution in [1.29, 1.82) is 0 Å². The van der Waals surface area contributed by atoms with E-state index < -0.39 is 0 Å². The molecule has 1 heterocycles. The molecule has 0 saturated carbocycles. The van der Waals surface area contributed by atoms with E-state index in [0.717, 1.165) is 11.6 Å². The van der Waals surface area contributed by atoms with Gasteiger partial charge in [-0.05, 0) is 20.3 Å². The van der Waals surface area contributed by atoms with Crippen LogP contribution in [0.3, 0.4) is 0 Å². The zero-order chi connectivity index (χ0) is 12.7. The minimum absolute atomic E-state index is 0.00940. The van der Waals surface area contributed by atoms with Crippen molar-refractivity contribution in [3.05, 3.63) is 19.0 Å². The van der Waals surface area contributed by atoms with Gasteiger partial charge in [-0.15, -0.1) is 16.8 Å². The molecule has 0 unspecified atom stereocenters. The highest BCUT2D eigenvalue weighted by molar-refractivity contribution is 7.99. The first-order valence-corrected chi connectivity index (χ1v) is 6.53. The lowest BCUT2D eigenvalue weighted by Crippen LogP contribution is -2.26. The van der Waals surface area contributed by atoms with Crippen molar-refractivity contribution >= 4 is 17.7 Å². The molecule has 6 heteroatoms. The van der Waals surface area contributed by atoms with Gasteiger partial charge in [-0.2, -0.15) is 0 Å². The minimum Gasteiger partial charge on any atom is -0.355 e. The van der Waals surface area contributed by atoms with Gasteiger partial charge in [-0.25, -0.2) is 0 Å². The summed E-state index contributed by atoms with van der Waals surface area (Å²) in [7, 11) is 0. The molecular formula is C11H18N4OS. The van der Waals surface area contributed by atoms with Crippen molar-refractivity contribution in [1.82, 2.24) is 20.1 Å². The van der Waals surface area contributed by atoms with Gasteiger partial charge in [0, 0.05) is 12.6 Å². The van der Waals surface area contributed by atoms with Crippen LogP contribution in [0.2, 0.25) is 0 Å². The van der Waals surface area contributed by atoms with Crippen molar-refractivity contribution in [3.8, 4) is 0 Å². The molecule has 0 aliphatic rings. The molecule has 0 radical (unpaired) electrons. The molecular weight excluding hydrogens is 236 g/mol. The summed E-state index contributed by atoms with van der Waals surface area (Å²) >= 11 is 1.40. The zero-order valence-electron chi connectivity index (χ0n) is 10.2. The van der Waals surface area contributed by atoms with Crippen LogP contribution in [0.4, 0.5) is 0 Å². The van der Waals surface area contributed by atoms with Gasteiger partial charge in [-0.1, -0.05) is 17.8 Å². The first kappa shape index (κ1) is 13.8. The molecule has 1 amide bonds. The third-order valence-corrected chi connectivity index (χ3v) is 3.06. The number of hydrogen-bond acceptors (Lipinski definition) is 4. The number of rotatable bonds is 7. The fourth-order valence-corrected chi connectivity index (χ4v) is 2.06. The molecule has 0 saturated heterocycles. The molecule has 17 heavy (non-hydrogen) atoms. The molecule has 0 atom stereocenters. The van der Waals surface area contributed by atoms with E-state index in [4.69, 9.17) is 0 Å². The summed E-state index contributed by atoms with van der Waals surface area (Å²) in [4.78, 5) is 11.5. The molecule has 0 bridgehead atoms. The second kappa shape index (κ2) is 7.11.